The summed E-state index contributed by atoms with van der Waals surface area (Å²) in [6.07, 6.45) is 0.398. The maximum absolute atomic E-state index is 13.0. The van der Waals surface area contributed by atoms with Crippen LogP contribution in [0.25, 0.3) is 0 Å². The lowest BCUT2D eigenvalue weighted by Gasteiger charge is -2.42. The van der Waals surface area contributed by atoms with Crippen LogP contribution in [-0.4, -0.2) is 33.2 Å². The van der Waals surface area contributed by atoms with E-state index in [1.807, 2.05) is 6.92 Å². The highest BCUT2D eigenvalue weighted by Gasteiger charge is 2.42. The Bertz CT molecular complexity index is 594. The van der Waals surface area contributed by atoms with Crippen LogP contribution in [0.2, 0.25) is 0 Å². The van der Waals surface area contributed by atoms with Crippen molar-refractivity contribution in [1.82, 2.24) is 4.72 Å². The SMILES string of the molecule is CCOC1CC(N)C1NS(=O)(=O)c1ccc(F)cc1Br. The highest BCUT2D eigenvalue weighted by molar-refractivity contribution is 9.10. The van der Waals surface area contributed by atoms with Crippen LogP contribution in [0.5, 0.6) is 0 Å². The zero-order valence-electron chi connectivity index (χ0n) is 10.8. The van der Waals surface area contributed by atoms with Crippen molar-refractivity contribution in [1.29, 1.82) is 0 Å². The molecular weight excluding hydrogens is 351 g/mol. The van der Waals surface area contributed by atoms with Gasteiger partial charge in [-0.15, -0.1) is 0 Å². The van der Waals surface area contributed by atoms with Gasteiger partial charge in [-0.25, -0.2) is 17.5 Å². The van der Waals surface area contributed by atoms with Crippen LogP contribution in [0.3, 0.4) is 0 Å². The van der Waals surface area contributed by atoms with E-state index in [1.54, 1.807) is 0 Å². The van der Waals surface area contributed by atoms with E-state index in [-0.39, 0.29) is 21.5 Å². The summed E-state index contributed by atoms with van der Waals surface area (Å²) in [7, 11) is -3.78. The van der Waals surface area contributed by atoms with Gasteiger partial charge in [-0.3, -0.25) is 0 Å². The highest BCUT2D eigenvalue weighted by Crippen LogP contribution is 2.27. The van der Waals surface area contributed by atoms with Gasteiger partial charge in [0.1, 0.15) is 5.82 Å². The average Bonchev–Trinajstić information content (AvgIpc) is 2.35. The fraction of sp³-hybridized carbons (Fsp3) is 0.500. The van der Waals surface area contributed by atoms with E-state index < -0.39 is 21.9 Å². The molecule has 5 nitrogen and oxygen atoms in total. The quantitative estimate of drug-likeness (QED) is 0.824. The van der Waals surface area contributed by atoms with Crippen molar-refractivity contribution in [2.75, 3.05) is 6.61 Å². The molecule has 1 aromatic carbocycles. The third kappa shape index (κ3) is 3.20. The number of rotatable bonds is 5. The molecule has 0 bridgehead atoms. The Labute approximate surface area is 125 Å². The van der Waals surface area contributed by atoms with Crippen LogP contribution >= 0.6 is 15.9 Å². The van der Waals surface area contributed by atoms with Crippen molar-refractivity contribution in [2.24, 2.45) is 5.73 Å². The Morgan fingerprint density at radius 3 is 2.80 bits per heavy atom. The van der Waals surface area contributed by atoms with E-state index >= 15 is 0 Å². The topological polar surface area (TPSA) is 81.4 Å². The fourth-order valence-corrected chi connectivity index (χ4v) is 4.49. The molecule has 0 heterocycles. The van der Waals surface area contributed by atoms with Gasteiger partial charge in [0.2, 0.25) is 10.0 Å². The van der Waals surface area contributed by atoms with Crippen LogP contribution in [-0.2, 0) is 14.8 Å². The van der Waals surface area contributed by atoms with E-state index in [4.69, 9.17) is 10.5 Å². The number of hydrogen-bond acceptors (Lipinski definition) is 4. The summed E-state index contributed by atoms with van der Waals surface area (Å²) in [5.41, 5.74) is 5.81. The van der Waals surface area contributed by atoms with Crippen LogP contribution < -0.4 is 10.5 Å². The standard InChI is InChI=1S/C12H16BrFN2O3S/c1-2-19-10-6-9(15)12(10)16-20(17,18)11-4-3-7(14)5-8(11)13/h3-5,9-10,12,16H,2,6,15H2,1H3. The van der Waals surface area contributed by atoms with Crippen molar-refractivity contribution >= 4 is 26.0 Å². The largest absolute Gasteiger partial charge is 0.377 e. The molecule has 0 aliphatic heterocycles. The summed E-state index contributed by atoms with van der Waals surface area (Å²) in [6, 6.07) is 2.68. The second-order valence-electron chi connectivity index (χ2n) is 4.62. The number of benzene rings is 1. The molecule has 3 atom stereocenters. The third-order valence-corrected chi connectivity index (χ3v) is 5.66. The summed E-state index contributed by atoms with van der Waals surface area (Å²) < 4.78 is 45.7. The Kier molecular flexibility index (Phi) is 4.80. The Morgan fingerprint density at radius 2 is 2.25 bits per heavy atom. The highest BCUT2D eigenvalue weighted by atomic mass is 79.9. The molecule has 0 amide bonds. The molecule has 0 radical (unpaired) electrons. The zero-order valence-corrected chi connectivity index (χ0v) is 13.2. The third-order valence-electron chi connectivity index (χ3n) is 3.22. The number of ether oxygens (including phenoxy) is 1. The molecule has 1 aliphatic rings. The summed E-state index contributed by atoms with van der Waals surface area (Å²) in [4.78, 5) is -0.0201. The minimum atomic E-state index is -3.78. The van der Waals surface area contributed by atoms with E-state index in [1.165, 1.54) is 6.07 Å². The summed E-state index contributed by atoms with van der Waals surface area (Å²) in [5.74, 6) is -0.511. The molecule has 3 unspecified atom stereocenters. The molecule has 0 spiro atoms. The van der Waals surface area contributed by atoms with Crippen molar-refractivity contribution < 1.29 is 17.5 Å². The minimum absolute atomic E-state index is 0.0201. The predicted octanol–water partition coefficient (Wildman–Crippen LogP) is 1.37. The predicted molar refractivity (Wildman–Crippen MR) is 76.2 cm³/mol. The molecule has 1 aromatic rings. The Balaban J connectivity index is 2.18. The van der Waals surface area contributed by atoms with Gasteiger partial charge in [-0.1, -0.05) is 0 Å². The molecule has 3 N–H and O–H groups in total. The molecule has 0 saturated heterocycles. The molecule has 20 heavy (non-hydrogen) atoms. The normalized spacial score (nSPS) is 26.3. The average molecular weight is 367 g/mol. The maximum Gasteiger partial charge on any atom is 0.242 e. The number of sulfonamides is 1. The first-order valence-electron chi connectivity index (χ1n) is 6.19. The van der Waals surface area contributed by atoms with Crippen LogP contribution in [0.1, 0.15) is 13.3 Å². The van der Waals surface area contributed by atoms with E-state index in [2.05, 4.69) is 20.7 Å². The van der Waals surface area contributed by atoms with Gasteiger partial charge < -0.3 is 10.5 Å². The molecule has 2 rings (SSSR count). The van der Waals surface area contributed by atoms with Gasteiger partial charge in [-0.2, -0.15) is 0 Å². The van der Waals surface area contributed by atoms with Gasteiger partial charge in [0.05, 0.1) is 17.0 Å². The molecular formula is C12H16BrFN2O3S. The first-order valence-corrected chi connectivity index (χ1v) is 8.47. The molecule has 0 aromatic heterocycles. The van der Waals surface area contributed by atoms with E-state index in [0.29, 0.717) is 13.0 Å². The monoisotopic (exact) mass is 366 g/mol. The summed E-state index contributed by atoms with van der Waals surface area (Å²) in [5, 5.41) is 0. The van der Waals surface area contributed by atoms with Gasteiger partial charge in [0.15, 0.2) is 0 Å². The maximum atomic E-state index is 13.0. The summed E-state index contributed by atoms with van der Waals surface area (Å²) >= 11 is 3.05. The second-order valence-corrected chi connectivity index (χ2v) is 7.15. The first kappa shape index (κ1) is 15.8. The molecule has 1 saturated carbocycles. The lowest BCUT2D eigenvalue weighted by molar-refractivity contribution is -0.0248. The number of hydrogen-bond donors (Lipinski definition) is 2. The lowest BCUT2D eigenvalue weighted by Crippen LogP contribution is -2.64. The van der Waals surface area contributed by atoms with E-state index in [9.17, 15) is 12.8 Å². The smallest absolute Gasteiger partial charge is 0.242 e. The fourth-order valence-electron chi connectivity index (χ4n) is 2.13. The zero-order chi connectivity index (χ0) is 14.9. The minimum Gasteiger partial charge on any atom is -0.377 e. The molecule has 1 fully saturated rings. The molecule has 112 valence electrons. The second kappa shape index (κ2) is 6.07. The van der Waals surface area contributed by atoms with Crippen LogP contribution in [0.15, 0.2) is 27.6 Å². The van der Waals surface area contributed by atoms with Crippen molar-refractivity contribution in [3.63, 3.8) is 0 Å². The van der Waals surface area contributed by atoms with Gasteiger partial charge >= 0.3 is 0 Å². The van der Waals surface area contributed by atoms with Gasteiger partial charge in [0.25, 0.3) is 0 Å². The summed E-state index contributed by atoms with van der Waals surface area (Å²) in [6.45, 7) is 2.34. The Hall–Kier alpha value is -0.540. The molecule has 8 heteroatoms. The van der Waals surface area contributed by atoms with Crippen LogP contribution in [0.4, 0.5) is 4.39 Å². The molecule has 1 aliphatic carbocycles. The number of nitrogens with two attached hydrogens (primary N) is 1. The van der Waals surface area contributed by atoms with Gasteiger partial charge in [-0.05, 0) is 47.5 Å². The number of halogens is 2. The van der Waals surface area contributed by atoms with Crippen molar-refractivity contribution in [2.45, 2.75) is 36.4 Å². The van der Waals surface area contributed by atoms with Crippen molar-refractivity contribution in [3.8, 4) is 0 Å². The van der Waals surface area contributed by atoms with E-state index in [0.717, 1.165) is 12.1 Å². The van der Waals surface area contributed by atoms with Crippen LogP contribution in [0, 0.1) is 5.82 Å². The first-order chi connectivity index (χ1) is 9.35. The van der Waals surface area contributed by atoms with Gasteiger partial charge in [0, 0.05) is 17.1 Å². The Morgan fingerprint density at radius 1 is 1.55 bits per heavy atom. The lowest BCUT2D eigenvalue weighted by atomic mass is 9.84. The number of nitrogens with one attached hydrogen (secondary N) is 1. The van der Waals surface area contributed by atoms with Crippen molar-refractivity contribution in [3.05, 3.63) is 28.5 Å².